The van der Waals surface area contributed by atoms with Crippen LogP contribution in [0.15, 0.2) is 35.9 Å². The smallest absolute Gasteiger partial charge is 0.409 e. The van der Waals surface area contributed by atoms with E-state index in [0.29, 0.717) is 23.6 Å². The van der Waals surface area contributed by atoms with Crippen LogP contribution < -0.4 is 10.2 Å². The van der Waals surface area contributed by atoms with Gasteiger partial charge in [-0.3, -0.25) is 10.1 Å². The van der Waals surface area contributed by atoms with Gasteiger partial charge in [0.2, 0.25) is 5.91 Å². The fourth-order valence-electron chi connectivity index (χ4n) is 5.55. The number of fused-ring (bicyclic) bond motifs is 5. The molecule has 0 aromatic heterocycles. The first-order valence-corrected chi connectivity index (χ1v) is 13.0. The minimum atomic E-state index is -1.42. The summed E-state index contributed by atoms with van der Waals surface area (Å²) < 4.78 is 5.49. The minimum absolute atomic E-state index is 0.0288. The number of carbonyl (C=O) groups excluding carboxylic acids is 2. The third-order valence-electron chi connectivity index (χ3n) is 8.31. The number of nitrogens with one attached hydrogen (secondary N) is 1. The first-order chi connectivity index (χ1) is 16.8. The number of anilines is 1. The zero-order chi connectivity index (χ0) is 26.4. The fraction of sp³-hybridized carbons (Fsp3) is 0.571. The molecule has 3 aliphatic rings. The van der Waals surface area contributed by atoms with E-state index in [0.717, 1.165) is 23.1 Å². The number of benzene rings is 1. The molecule has 2 heterocycles. The van der Waals surface area contributed by atoms with Gasteiger partial charge in [0.1, 0.15) is 11.8 Å². The first-order valence-electron chi connectivity index (χ1n) is 12.6. The van der Waals surface area contributed by atoms with Gasteiger partial charge in [0.05, 0.1) is 23.2 Å². The Morgan fingerprint density at radius 2 is 1.94 bits per heavy atom. The maximum Gasteiger partial charge on any atom is 0.409 e. The summed E-state index contributed by atoms with van der Waals surface area (Å²) >= 11 is 6.59. The molecular formula is C28H37ClN2O5. The molecule has 0 radical (unpaired) electrons. The molecule has 4 rings (SSSR count). The Morgan fingerprint density at radius 1 is 1.22 bits per heavy atom. The Labute approximate surface area is 218 Å². The molecule has 4 unspecified atom stereocenters. The highest BCUT2D eigenvalue weighted by atomic mass is 35.5. The second kappa shape index (κ2) is 9.84. The third kappa shape index (κ3) is 5.34. The molecule has 8 heteroatoms. The SMILES string of the molecule is C/C1=C\C=C\C(C)[C@@]2(O)C[C@@H](CC3CC3(C)C(O)CC(=O)N(C)c3cc(cc(C)c3Cl)C1)OC(=O)N2. The summed E-state index contributed by atoms with van der Waals surface area (Å²) in [6, 6.07) is 3.94. The van der Waals surface area contributed by atoms with E-state index in [1.54, 1.807) is 7.05 Å². The highest BCUT2D eigenvalue weighted by Crippen LogP contribution is 2.58. The summed E-state index contributed by atoms with van der Waals surface area (Å²) in [6.45, 7) is 7.76. The van der Waals surface area contributed by atoms with Crippen molar-refractivity contribution in [3.8, 4) is 0 Å². The molecule has 0 spiro atoms. The fourth-order valence-corrected chi connectivity index (χ4v) is 5.78. The summed E-state index contributed by atoms with van der Waals surface area (Å²) in [7, 11) is 1.69. The maximum atomic E-state index is 13.2. The predicted molar refractivity (Wildman–Crippen MR) is 140 cm³/mol. The highest BCUT2D eigenvalue weighted by Gasteiger charge is 2.57. The number of carbonyl (C=O) groups is 2. The van der Waals surface area contributed by atoms with E-state index in [4.69, 9.17) is 16.3 Å². The molecule has 4 bridgehead atoms. The molecule has 196 valence electrons. The standard InChI is InChI=1S/C28H37ClN2O5/c1-16-7-6-8-18(3)28(35)15-21(36-26(34)30-28)12-20-14-27(20,4)23(32)13-24(33)31(5)22-11-19(9-16)10-17(2)25(22)29/h6-8,10-11,18,20-21,23,32,35H,9,12-15H2,1-5H3,(H,30,34)/b8-6+,16-7+/t18?,20?,21-,23?,27?,28+/m1/s1. The number of aliphatic hydroxyl groups excluding tert-OH is 1. The van der Waals surface area contributed by atoms with Gasteiger partial charge in [0, 0.05) is 19.4 Å². The normalized spacial score (nSPS) is 37.8. The number of alkyl carbamates (subject to hydrolysis) is 1. The number of halogens is 1. The number of ether oxygens (including phenoxy) is 1. The number of rotatable bonds is 0. The van der Waals surface area contributed by atoms with E-state index < -0.39 is 29.4 Å². The van der Waals surface area contributed by atoms with Crippen molar-refractivity contribution < 1.29 is 24.5 Å². The van der Waals surface area contributed by atoms with Crippen LogP contribution in [0.25, 0.3) is 0 Å². The molecule has 1 saturated heterocycles. The van der Waals surface area contributed by atoms with Gasteiger partial charge in [0.15, 0.2) is 0 Å². The summed E-state index contributed by atoms with van der Waals surface area (Å²) in [4.78, 5) is 27.0. The van der Waals surface area contributed by atoms with Gasteiger partial charge in [-0.2, -0.15) is 0 Å². The van der Waals surface area contributed by atoms with Crippen LogP contribution in [-0.2, 0) is 16.0 Å². The Kier molecular flexibility index (Phi) is 7.30. The van der Waals surface area contributed by atoms with Crippen LogP contribution in [0.2, 0.25) is 5.02 Å². The monoisotopic (exact) mass is 516 g/mol. The van der Waals surface area contributed by atoms with E-state index in [2.05, 4.69) is 5.32 Å². The number of hydrogen-bond donors (Lipinski definition) is 3. The average molecular weight is 517 g/mol. The molecule has 1 aromatic rings. The van der Waals surface area contributed by atoms with Gasteiger partial charge < -0.3 is 19.8 Å². The first kappa shape index (κ1) is 26.7. The van der Waals surface area contributed by atoms with E-state index in [1.165, 1.54) is 4.90 Å². The molecule has 1 aliphatic carbocycles. The molecule has 3 N–H and O–H groups in total. The zero-order valence-corrected chi connectivity index (χ0v) is 22.4. The topological polar surface area (TPSA) is 99.1 Å². The van der Waals surface area contributed by atoms with Gasteiger partial charge in [-0.25, -0.2) is 4.79 Å². The van der Waals surface area contributed by atoms with E-state index in [-0.39, 0.29) is 30.6 Å². The summed E-state index contributed by atoms with van der Waals surface area (Å²) in [5, 5.41) is 25.4. The lowest BCUT2D eigenvalue weighted by Crippen LogP contribution is -2.59. The second-order valence-corrected chi connectivity index (χ2v) is 11.6. The van der Waals surface area contributed by atoms with Gasteiger partial charge in [-0.1, -0.05) is 55.3 Å². The largest absolute Gasteiger partial charge is 0.446 e. The summed E-state index contributed by atoms with van der Waals surface area (Å²) in [6.07, 6.45) is 5.94. The number of aryl methyl sites for hydroxylation is 1. The molecule has 7 nitrogen and oxygen atoms in total. The number of allylic oxidation sites excluding steroid dienone is 3. The van der Waals surface area contributed by atoms with Crippen LogP contribution in [0.3, 0.4) is 0 Å². The molecule has 2 aliphatic heterocycles. The van der Waals surface area contributed by atoms with E-state index in [9.17, 15) is 19.8 Å². The Bertz CT molecular complexity index is 1120. The molecule has 1 aromatic carbocycles. The quantitative estimate of drug-likeness (QED) is 0.466. The predicted octanol–water partition coefficient (Wildman–Crippen LogP) is 4.66. The summed E-state index contributed by atoms with van der Waals surface area (Å²) in [5.74, 6) is -0.471. The average Bonchev–Trinajstić information content (AvgIpc) is 3.44. The van der Waals surface area contributed by atoms with Gasteiger partial charge in [-0.05, 0) is 61.6 Å². The molecule has 1 saturated carbocycles. The molecular weight excluding hydrogens is 480 g/mol. The number of hydrogen-bond acceptors (Lipinski definition) is 5. The molecule has 6 atom stereocenters. The van der Waals surface area contributed by atoms with Crippen molar-refractivity contribution in [1.29, 1.82) is 0 Å². The number of aliphatic hydroxyl groups is 2. The molecule has 2 fully saturated rings. The lowest BCUT2D eigenvalue weighted by molar-refractivity contribution is -0.121. The molecule has 36 heavy (non-hydrogen) atoms. The van der Waals surface area contributed by atoms with Crippen LogP contribution in [0, 0.1) is 24.2 Å². The molecule has 2 amide bonds. The lowest BCUT2D eigenvalue weighted by atomic mass is 9.87. The van der Waals surface area contributed by atoms with E-state index in [1.807, 2.05) is 58.1 Å². The Hall–Kier alpha value is -2.35. The number of amides is 2. The second-order valence-electron chi connectivity index (χ2n) is 11.2. The minimum Gasteiger partial charge on any atom is -0.446 e. The maximum absolute atomic E-state index is 13.2. The van der Waals surface area contributed by atoms with Gasteiger partial charge in [0.25, 0.3) is 0 Å². The lowest BCUT2D eigenvalue weighted by Gasteiger charge is -2.40. The van der Waals surface area contributed by atoms with Crippen LogP contribution >= 0.6 is 11.6 Å². The van der Waals surface area contributed by atoms with Crippen molar-refractivity contribution >= 4 is 29.3 Å². The third-order valence-corrected chi connectivity index (χ3v) is 8.81. The zero-order valence-electron chi connectivity index (χ0n) is 21.7. The van der Waals surface area contributed by atoms with Crippen LogP contribution in [0.5, 0.6) is 0 Å². The van der Waals surface area contributed by atoms with Crippen molar-refractivity contribution in [3.63, 3.8) is 0 Å². The van der Waals surface area contributed by atoms with Crippen LogP contribution in [0.4, 0.5) is 10.5 Å². The Balaban J connectivity index is 1.68. The van der Waals surface area contributed by atoms with Crippen molar-refractivity contribution in [1.82, 2.24) is 5.32 Å². The highest BCUT2D eigenvalue weighted by molar-refractivity contribution is 6.34. The van der Waals surface area contributed by atoms with Crippen LogP contribution in [0.1, 0.15) is 57.6 Å². The number of nitrogens with zero attached hydrogens (tertiary/aromatic N) is 1. The van der Waals surface area contributed by atoms with Crippen molar-refractivity contribution in [2.24, 2.45) is 17.3 Å². The van der Waals surface area contributed by atoms with Gasteiger partial charge >= 0.3 is 6.09 Å². The van der Waals surface area contributed by atoms with Gasteiger partial charge in [-0.15, -0.1) is 0 Å². The van der Waals surface area contributed by atoms with Crippen LogP contribution in [-0.4, -0.2) is 47.2 Å². The van der Waals surface area contributed by atoms with Crippen molar-refractivity contribution in [3.05, 3.63) is 52.1 Å². The van der Waals surface area contributed by atoms with Crippen molar-refractivity contribution in [2.75, 3.05) is 11.9 Å². The summed E-state index contributed by atoms with van der Waals surface area (Å²) in [5.41, 5.74) is 1.74. The van der Waals surface area contributed by atoms with Crippen molar-refractivity contribution in [2.45, 2.75) is 77.7 Å². The van der Waals surface area contributed by atoms with E-state index >= 15 is 0 Å². The Morgan fingerprint density at radius 3 is 2.67 bits per heavy atom.